The number of halogens is 1. The normalized spacial score (nSPS) is 14.1. The van der Waals surface area contributed by atoms with Gasteiger partial charge < -0.3 is 19.5 Å². The zero-order chi connectivity index (χ0) is 23.5. The zero-order valence-electron chi connectivity index (χ0n) is 18.5. The lowest BCUT2D eigenvalue weighted by Crippen LogP contribution is -2.17. The minimum atomic E-state index is -0.514. The highest BCUT2D eigenvalue weighted by atomic mass is 127. The Balaban J connectivity index is 1.51. The molecule has 1 aliphatic heterocycles. The first kappa shape index (κ1) is 22.7. The molecular weight excluding hydrogens is 563 g/mol. The highest BCUT2D eigenvalue weighted by Gasteiger charge is 2.27. The predicted octanol–water partition coefficient (Wildman–Crippen LogP) is 5.96. The molecule has 0 saturated heterocycles. The van der Waals surface area contributed by atoms with Gasteiger partial charge in [0.05, 0.1) is 10.7 Å². The number of nitrogens with one attached hydrogen (secondary N) is 1. The van der Waals surface area contributed by atoms with Crippen molar-refractivity contribution in [3.63, 3.8) is 0 Å². The van der Waals surface area contributed by atoms with Crippen molar-refractivity contribution in [1.29, 1.82) is 0 Å². The lowest BCUT2D eigenvalue weighted by Gasteiger charge is -2.21. The molecule has 9 heteroatoms. The number of thioether (sulfide) groups is 1. The monoisotopic (exact) mass is 584 g/mol. The molecule has 34 heavy (non-hydrogen) atoms. The van der Waals surface area contributed by atoms with Crippen molar-refractivity contribution in [2.45, 2.75) is 18.0 Å². The predicted molar refractivity (Wildman–Crippen MR) is 141 cm³/mol. The van der Waals surface area contributed by atoms with Crippen LogP contribution >= 0.6 is 34.4 Å². The average molecular weight is 584 g/mol. The number of fused-ring (bicyclic) bond motifs is 3. The molecule has 1 N–H and O–H groups in total. The van der Waals surface area contributed by atoms with Gasteiger partial charge in [-0.15, -0.1) is 10.2 Å². The van der Waals surface area contributed by atoms with E-state index in [1.165, 1.54) is 11.8 Å². The van der Waals surface area contributed by atoms with Gasteiger partial charge >= 0.3 is 0 Å². The van der Waals surface area contributed by atoms with Crippen molar-refractivity contribution in [3.05, 3.63) is 81.4 Å². The van der Waals surface area contributed by atoms with Crippen molar-refractivity contribution >= 4 is 40.0 Å². The first-order chi connectivity index (χ1) is 16.7. The molecule has 5 rings (SSSR count). The van der Waals surface area contributed by atoms with E-state index in [-0.39, 0.29) is 0 Å². The molecule has 3 aromatic carbocycles. The van der Waals surface area contributed by atoms with Gasteiger partial charge in [0.25, 0.3) is 0 Å². The number of nitrogens with zero attached hydrogens (tertiary/aromatic N) is 3. The molecule has 4 aromatic rings. The third-order valence-electron chi connectivity index (χ3n) is 5.30. The van der Waals surface area contributed by atoms with Gasteiger partial charge in [0.15, 0.2) is 23.4 Å². The van der Waals surface area contributed by atoms with Crippen molar-refractivity contribution in [3.8, 4) is 28.6 Å². The second kappa shape index (κ2) is 10.1. The number of methoxy groups -OCH3 is 1. The number of benzene rings is 3. The molecule has 0 aliphatic carbocycles. The fraction of sp³-hybridized carbons (Fsp3) is 0.160. The molecule has 1 aliphatic rings. The minimum Gasteiger partial charge on any atom is -0.493 e. The minimum absolute atomic E-state index is 0.431. The van der Waals surface area contributed by atoms with Crippen molar-refractivity contribution < 1.29 is 14.2 Å². The molecule has 2 heterocycles. The summed E-state index contributed by atoms with van der Waals surface area (Å²) in [6.45, 7) is 0.450. The number of anilines is 1. The summed E-state index contributed by atoms with van der Waals surface area (Å²) < 4.78 is 19.1. The van der Waals surface area contributed by atoms with Gasteiger partial charge in [0.2, 0.25) is 11.0 Å². The smallest absolute Gasteiger partial charge is 0.247 e. The largest absolute Gasteiger partial charge is 0.493 e. The number of rotatable bonds is 6. The maximum atomic E-state index is 6.35. The van der Waals surface area contributed by atoms with Crippen LogP contribution in [0.25, 0.3) is 11.3 Å². The van der Waals surface area contributed by atoms with E-state index in [1.54, 1.807) is 7.11 Å². The Hall–Kier alpha value is -3.05. The number of hydrogen-bond acceptors (Lipinski definition) is 8. The van der Waals surface area contributed by atoms with Crippen LogP contribution in [0.1, 0.15) is 17.4 Å². The fourth-order valence-electron chi connectivity index (χ4n) is 3.65. The molecule has 1 aromatic heterocycles. The number of ether oxygens (including phenoxy) is 3. The summed E-state index contributed by atoms with van der Waals surface area (Å²) in [6.07, 6.45) is 1.39. The molecule has 0 spiro atoms. The van der Waals surface area contributed by atoms with E-state index in [0.717, 1.165) is 25.9 Å². The van der Waals surface area contributed by atoms with E-state index in [1.807, 2.05) is 73.0 Å². The second-order valence-electron chi connectivity index (χ2n) is 7.45. The molecule has 0 saturated carbocycles. The van der Waals surface area contributed by atoms with E-state index >= 15 is 0 Å². The van der Waals surface area contributed by atoms with E-state index in [2.05, 4.69) is 43.1 Å². The molecule has 0 radical (unpaired) electrons. The Morgan fingerprint density at radius 3 is 2.65 bits per heavy atom. The third kappa shape index (κ3) is 4.62. The van der Waals surface area contributed by atoms with Crippen LogP contribution in [0.3, 0.4) is 0 Å². The van der Waals surface area contributed by atoms with Gasteiger partial charge in [0, 0.05) is 16.8 Å². The standard InChI is InChI=1S/C25H21IN4O3S/c1-31-20-13-16(12-18(26)22(20)32-14-15-8-4-3-5-9-15)23-27-19-11-7-6-10-17(19)21-24(33-23)28-25(34-2)30-29-21/h3-13,23,27H,14H2,1-2H3/t23-/m0/s1. The van der Waals surface area contributed by atoms with E-state index in [9.17, 15) is 0 Å². The quantitative estimate of drug-likeness (QED) is 0.220. The summed E-state index contributed by atoms with van der Waals surface area (Å²) in [4.78, 5) is 4.58. The van der Waals surface area contributed by atoms with E-state index in [4.69, 9.17) is 14.2 Å². The zero-order valence-corrected chi connectivity index (χ0v) is 21.5. The first-order valence-corrected chi connectivity index (χ1v) is 12.8. The molecule has 1 atom stereocenters. The number of aromatic nitrogens is 3. The summed E-state index contributed by atoms with van der Waals surface area (Å²) in [5.41, 5.74) is 4.34. The highest BCUT2D eigenvalue weighted by Crippen LogP contribution is 2.42. The third-order valence-corrected chi connectivity index (χ3v) is 6.64. The Labute approximate surface area is 215 Å². The summed E-state index contributed by atoms with van der Waals surface area (Å²) in [5.74, 6) is 1.76. The van der Waals surface area contributed by atoms with Gasteiger partial charge in [-0.1, -0.05) is 60.3 Å². The summed E-state index contributed by atoms with van der Waals surface area (Å²) in [7, 11) is 1.64. The number of para-hydroxylation sites is 1. The Kier molecular flexibility index (Phi) is 6.73. The summed E-state index contributed by atoms with van der Waals surface area (Å²) >= 11 is 3.68. The highest BCUT2D eigenvalue weighted by molar-refractivity contribution is 14.1. The molecule has 0 unspecified atom stereocenters. The summed E-state index contributed by atoms with van der Waals surface area (Å²) in [6, 6.07) is 21.9. The topological polar surface area (TPSA) is 78.4 Å². The van der Waals surface area contributed by atoms with Crippen LogP contribution in [0, 0.1) is 3.57 Å². The van der Waals surface area contributed by atoms with Gasteiger partial charge in [-0.25, -0.2) is 0 Å². The maximum absolute atomic E-state index is 6.35. The second-order valence-corrected chi connectivity index (χ2v) is 9.38. The number of hydrogen-bond donors (Lipinski definition) is 1. The lowest BCUT2D eigenvalue weighted by atomic mass is 10.1. The van der Waals surface area contributed by atoms with Crippen molar-refractivity contribution in [2.24, 2.45) is 0 Å². The molecular formula is C25H21IN4O3S. The van der Waals surface area contributed by atoms with Crippen LogP contribution in [0.15, 0.2) is 71.9 Å². The fourth-order valence-corrected chi connectivity index (χ4v) is 4.72. The van der Waals surface area contributed by atoms with Gasteiger partial charge in [0.1, 0.15) is 6.61 Å². The van der Waals surface area contributed by atoms with Crippen LogP contribution in [-0.2, 0) is 6.61 Å². The van der Waals surface area contributed by atoms with Gasteiger partial charge in [-0.2, -0.15) is 4.98 Å². The molecule has 0 fully saturated rings. The van der Waals surface area contributed by atoms with E-state index in [0.29, 0.717) is 34.8 Å². The molecule has 0 bridgehead atoms. The van der Waals surface area contributed by atoms with Crippen molar-refractivity contribution in [2.75, 3.05) is 18.7 Å². The van der Waals surface area contributed by atoms with Crippen LogP contribution < -0.4 is 19.5 Å². The Morgan fingerprint density at radius 1 is 1.06 bits per heavy atom. The van der Waals surface area contributed by atoms with Crippen LogP contribution in [-0.4, -0.2) is 28.5 Å². The van der Waals surface area contributed by atoms with Gasteiger partial charge in [-0.05, 0) is 52.6 Å². The lowest BCUT2D eigenvalue weighted by molar-refractivity contribution is 0.223. The molecule has 7 nitrogen and oxygen atoms in total. The SMILES string of the molecule is COc1cc([C@H]2Nc3ccccc3-c3nnc(SC)nc3O2)cc(I)c1OCc1ccccc1. The average Bonchev–Trinajstić information content (AvgIpc) is 3.04. The first-order valence-electron chi connectivity index (χ1n) is 10.5. The van der Waals surface area contributed by atoms with Gasteiger partial charge in [-0.3, -0.25) is 0 Å². The molecule has 0 amide bonds. The Bertz CT molecular complexity index is 1320. The Morgan fingerprint density at radius 2 is 1.85 bits per heavy atom. The maximum Gasteiger partial charge on any atom is 0.247 e. The summed E-state index contributed by atoms with van der Waals surface area (Å²) in [5, 5.41) is 12.6. The molecule has 172 valence electrons. The van der Waals surface area contributed by atoms with Crippen LogP contribution in [0.2, 0.25) is 0 Å². The van der Waals surface area contributed by atoms with Crippen LogP contribution in [0.5, 0.6) is 17.4 Å². The van der Waals surface area contributed by atoms with Crippen LogP contribution in [0.4, 0.5) is 5.69 Å². The van der Waals surface area contributed by atoms with Crippen molar-refractivity contribution in [1.82, 2.24) is 15.2 Å². The van der Waals surface area contributed by atoms with E-state index < -0.39 is 6.23 Å².